The molecule has 0 saturated carbocycles. The zero-order chi connectivity index (χ0) is 14.4. The average molecular weight is 279 g/mol. The summed E-state index contributed by atoms with van der Waals surface area (Å²) >= 11 is 0. The number of hydrogen-bond donors (Lipinski definition) is 0. The Morgan fingerprint density at radius 1 is 1.55 bits per heavy atom. The van der Waals surface area contributed by atoms with Gasteiger partial charge in [-0.25, -0.2) is 0 Å². The molecule has 0 radical (unpaired) electrons. The van der Waals surface area contributed by atoms with E-state index in [0.717, 1.165) is 31.6 Å². The van der Waals surface area contributed by atoms with Crippen LogP contribution in [0.5, 0.6) is 0 Å². The quantitative estimate of drug-likeness (QED) is 0.750. The second kappa shape index (κ2) is 7.48. The Morgan fingerprint density at radius 2 is 2.40 bits per heavy atom. The Labute approximate surface area is 121 Å². The number of rotatable bonds is 6. The van der Waals surface area contributed by atoms with Gasteiger partial charge in [-0.05, 0) is 44.2 Å². The van der Waals surface area contributed by atoms with Gasteiger partial charge in [0, 0.05) is 26.2 Å². The van der Waals surface area contributed by atoms with E-state index in [1.807, 2.05) is 24.0 Å². The van der Waals surface area contributed by atoms with E-state index in [1.165, 1.54) is 0 Å². The zero-order valence-electron chi connectivity index (χ0n) is 12.5. The first-order valence-electron chi connectivity index (χ1n) is 7.63. The number of nitrogens with zero attached hydrogens (tertiary/aromatic N) is 1. The lowest BCUT2D eigenvalue weighted by Crippen LogP contribution is -2.40. The molecule has 1 amide bonds. The molecule has 112 valence electrons. The SMILES string of the molecule is CCOCCCC(=O)N1CC[C@H](C)C[C@@H]1c1ccco1. The maximum Gasteiger partial charge on any atom is 0.223 e. The summed E-state index contributed by atoms with van der Waals surface area (Å²) in [5.74, 6) is 1.77. The first kappa shape index (κ1) is 15.1. The highest BCUT2D eigenvalue weighted by atomic mass is 16.5. The summed E-state index contributed by atoms with van der Waals surface area (Å²) in [7, 11) is 0. The van der Waals surface area contributed by atoms with E-state index in [0.29, 0.717) is 25.6 Å². The van der Waals surface area contributed by atoms with Gasteiger partial charge in [0.1, 0.15) is 5.76 Å². The van der Waals surface area contributed by atoms with Gasteiger partial charge in [-0.1, -0.05) is 6.92 Å². The van der Waals surface area contributed by atoms with Gasteiger partial charge in [0.2, 0.25) is 5.91 Å². The van der Waals surface area contributed by atoms with Crippen LogP contribution in [0.1, 0.15) is 51.3 Å². The van der Waals surface area contributed by atoms with Gasteiger partial charge in [0.25, 0.3) is 0 Å². The minimum Gasteiger partial charge on any atom is -0.467 e. The summed E-state index contributed by atoms with van der Waals surface area (Å²) < 4.78 is 10.8. The van der Waals surface area contributed by atoms with Crippen molar-refractivity contribution in [1.82, 2.24) is 4.90 Å². The number of likely N-dealkylation sites (tertiary alicyclic amines) is 1. The lowest BCUT2D eigenvalue weighted by atomic mass is 9.90. The van der Waals surface area contributed by atoms with Gasteiger partial charge < -0.3 is 14.1 Å². The monoisotopic (exact) mass is 279 g/mol. The highest BCUT2D eigenvalue weighted by Crippen LogP contribution is 2.34. The molecule has 0 N–H and O–H groups in total. The topological polar surface area (TPSA) is 42.7 Å². The standard InChI is InChI=1S/C16H25NO3/c1-3-19-10-5-7-16(18)17-9-8-13(2)12-14(17)15-6-4-11-20-15/h4,6,11,13-14H,3,5,7-10,12H2,1-2H3/t13-,14+/m0/s1. The fraction of sp³-hybridized carbons (Fsp3) is 0.688. The van der Waals surface area contributed by atoms with Crippen molar-refractivity contribution < 1.29 is 13.9 Å². The van der Waals surface area contributed by atoms with Crippen LogP contribution in [-0.4, -0.2) is 30.6 Å². The van der Waals surface area contributed by atoms with Crippen LogP contribution >= 0.6 is 0 Å². The van der Waals surface area contributed by atoms with Crippen molar-refractivity contribution in [3.05, 3.63) is 24.2 Å². The van der Waals surface area contributed by atoms with E-state index in [2.05, 4.69) is 6.92 Å². The molecule has 0 unspecified atom stereocenters. The van der Waals surface area contributed by atoms with Crippen LogP contribution in [0.2, 0.25) is 0 Å². The molecular weight excluding hydrogens is 254 g/mol. The van der Waals surface area contributed by atoms with Gasteiger partial charge in [0.15, 0.2) is 0 Å². The molecule has 2 atom stereocenters. The predicted molar refractivity (Wildman–Crippen MR) is 77.3 cm³/mol. The van der Waals surface area contributed by atoms with Gasteiger partial charge in [-0.15, -0.1) is 0 Å². The highest BCUT2D eigenvalue weighted by Gasteiger charge is 2.32. The molecule has 1 fully saturated rings. The first-order chi connectivity index (χ1) is 9.72. The van der Waals surface area contributed by atoms with Crippen molar-refractivity contribution in [2.45, 2.75) is 45.6 Å². The normalized spacial score (nSPS) is 23.0. The van der Waals surface area contributed by atoms with Crippen molar-refractivity contribution in [2.75, 3.05) is 19.8 Å². The van der Waals surface area contributed by atoms with Crippen LogP contribution < -0.4 is 0 Å². The van der Waals surface area contributed by atoms with Crippen LogP contribution in [0.4, 0.5) is 0 Å². The maximum absolute atomic E-state index is 12.4. The molecule has 2 heterocycles. The second-order valence-electron chi connectivity index (χ2n) is 5.55. The fourth-order valence-electron chi connectivity index (χ4n) is 2.80. The van der Waals surface area contributed by atoms with E-state index in [1.54, 1.807) is 6.26 Å². The molecule has 0 aliphatic carbocycles. The summed E-state index contributed by atoms with van der Waals surface area (Å²) in [6.07, 6.45) is 5.11. The molecule has 20 heavy (non-hydrogen) atoms. The Kier molecular flexibility index (Phi) is 5.65. The van der Waals surface area contributed by atoms with E-state index in [9.17, 15) is 4.79 Å². The highest BCUT2D eigenvalue weighted by molar-refractivity contribution is 5.76. The zero-order valence-corrected chi connectivity index (χ0v) is 12.5. The molecule has 2 rings (SSSR count). The Morgan fingerprint density at radius 3 is 3.10 bits per heavy atom. The third-order valence-electron chi connectivity index (χ3n) is 3.94. The minimum atomic E-state index is 0.105. The van der Waals surface area contributed by atoms with Gasteiger partial charge in [-0.3, -0.25) is 4.79 Å². The molecule has 0 bridgehead atoms. The molecule has 1 aliphatic rings. The Hall–Kier alpha value is -1.29. The lowest BCUT2D eigenvalue weighted by Gasteiger charge is -2.37. The molecule has 0 aromatic carbocycles. The van der Waals surface area contributed by atoms with E-state index < -0.39 is 0 Å². The van der Waals surface area contributed by atoms with Gasteiger partial charge >= 0.3 is 0 Å². The van der Waals surface area contributed by atoms with Crippen molar-refractivity contribution >= 4 is 5.91 Å². The minimum absolute atomic E-state index is 0.105. The number of hydrogen-bond acceptors (Lipinski definition) is 3. The van der Waals surface area contributed by atoms with Crippen LogP contribution in [0.15, 0.2) is 22.8 Å². The summed E-state index contributed by atoms with van der Waals surface area (Å²) in [6, 6.07) is 3.98. The van der Waals surface area contributed by atoms with Crippen LogP contribution in [0, 0.1) is 5.92 Å². The molecule has 0 spiro atoms. The second-order valence-corrected chi connectivity index (χ2v) is 5.55. The average Bonchev–Trinajstić information content (AvgIpc) is 2.97. The number of piperidine rings is 1. The third kappa shape index (κ3) is 3.85. The molecule has 4 heteroatoms. The van der Waals surface area contributed by atoms with Gasteiger partial charge in [0.05, 0.1) is 12.3 Å². The Balaban J connectivity index is 1.94. The first-order valence-corrected chi connectivity index (χ1v) is 7.63. The predicted octanol–water partition coefficient (Wildman–Crippen LogP) is 3.40. The van der Waals surface area contributed by atoms with Gasteiger partial charge in [-0.2, -0.15) is 0 Å². The molecular formula is C16H25NO3. The number of ether oxygens (including phenoxy) is 1. The maximum atomic E-state index is 12.4. The van der Waals surface area contributed by atoms with Crippen molar-refractivity contribution in [1.29, 1.82) is 0 Å². The largest absolute Gasteiger partial charge is 0.467 e. The third-order valence-corrected chi connectivity index (χ3v) is 3.94. The summed E-state index contributed by atoms with van der Waals surface area (Å²) in [5.41, 5.74) is 0. The molecule has 1 aromatic heterocycles. The summed E-state index contributed by atoms with van der Waals surface area (Å²) in [5, 5.41) is 0. The van der Waals surface area contributed by atoms with E-state index >= 15 is 0 Å². The fourth-order valence-corrected chi connectivity index (χ4v) is 2.80. The lowest BCUT2D eigenvalue weighted by molar-refractivity contribution is -0.136. The van der Waals surface area contributed by atoms with Crippen molar-refractivity contribution in [2.24, 2.45) is 5.92 Å². The van der Waals surface area contributed by atoms with E-state index in [4.69, 9.17) is 9.15 Å². The summed E-state index contributed by atoms with van der Waals surface area (Å²) in [6.45, 7) is 6.43. The number of furan rings is 1. The number of amides is 1. The molecule has 1 aromatic rings. The molecule has 4 nitrogen and oxygen atoms in total. The van der Waals surface area contributed by atoms with Crippen LogP contribution in [-0.2, 0) is 9.53 Å². The van der Waals surface area contributed by atoms with Crippen LogP contribution in [0.3, 0.4) is 0 Å². The van der Waals surface area contributed by atoms with Crippen molar-refractivity contribution in [3.63, 3.8) is 0 Å². The van der Waals surface area contributed by atoms with E-state index in [-0.39, 0.29) is 11.9 Å². The number of carbonyl (C=O) groups is 1. The Bertz CT molecular complexity index is 402. The summed E-state index contributed by atoms with van der Waals surface area (Å²) in [4.78, 5) is 14.4. The smallest absolute Gasteiger partial charge is 0.223 e. The molecule has 1 saturated heterocycles. The molecule has 1 aliphatic heterocycles. The van der Waals surface area contributed by atoms with Crippen LogP contribution in [0.25, 0.3) is 0 Å². The number of carbonyl (C=O) groups excluding carboxylic acids is 1. The van der Waals surface area contributed by atoms with Crippen molar-refractivity contribution in [3.8, 4) is 0 Å².